The summed E-state index contributed by atoms with van der Waals surface area (Å²) in [5.74, 6) is 0.898. The number of hydrogen-bond acceptors (Lipinski definition) is 4. The van der Waals surface area contributed by atoms with Gasteiger partial charge in [0.1, 0.15) is 12.1 Å². The molecule has 0 spiro atoms. The summed E-state index contributed by atoms with van der Waals surface area (Å²) in [6, 6.07) is 10.0. The molecule has 0 aliphatic carbocycles. The van der Waals surface area contributed by atoms with Crippen molar-refractivity contribution in [3.05, 3.63) is 54.1 Å². The van der Waals surface area contributed by atoms with Crippen LogP contribution in [0.5, 0.6) is 5.75 Å². The van der Waals surface area contributed by atoms with E-state index >= 15 is 0 Å². The molecule has 0 amide bonds. The Morgan fingerprint density at radius 3 is 2.74 bits per heavy atom. The molecule has 1 N–H and O–H groups in total. The summed E-state index contributed by atoms with van der Waals surface area (Å²) < 4.78 is 5.70. The molecule has 0 aliphatic rings. The first-order valence-electron chi connectivity index (χ1n) is 6.57. The fourth-order valence-electron chi connectivity index (χ4n) is 2.06. The Morgan fingerprint density at radius 2 is 2.05 bits per heavy atom. The highest BCUT2D eigenvalue weighted by molar-refractivity contribution is 5.39. The van der Waals surface area contributed by atoms with Gasteiger partial charge in [0.05, 0.1) is 18.3 Å². The Balaban J connectivity index is 2.39. The predicted octanol–water partition coefficient (Wildman–Crippen LogP) is 2.57. The maximum Gasteiger partial charge on any atom is 0.124 e. The fraction of sp³-hybridized carbons (Fsp3) is 0.333. The first kappa shape index (κ1) is 13.5. The number of nitrogens with one attached hydrogen (secondary N) is 1. The van der Waals surface area contributed by atoms with Crippen LogP contribution in [0.2, 0.25) is 0 Å². The molecule has 4 heteroatoms. The van der Waals surface area contributed by atoms with E-state index in [0.29, 0.717) is 6.61 Å². The first-order chi connectivity index (χ1) is 9.36. The minimum absolute atomic E-state index is 0.0238. The number of rotatable bonds is 6. The number of para-hydroxylation sites is 1. The first-order valence-corrected chi connectivity index (χ1v) is 6.57. The zero-order valence-electron chi connectivity index (χ0n) is 11.3. The average Bonchev–Trinajstić information content (AvgIpc) is 2.47. The van der Waals surface area contributed by atoms with Gasteiger partial charge in [0, 0.05) is 11.8 Å². The van der Waals surface area contributed by atoms with Crippen LogP contribution in [0.4, 0.5) is 0 Å². The standard InChI is InChI=1S/C15H19N3O/c1-3-17-15(13-9-10-16-11-18-13)12-7-5-6-8-14(12)19-4-2/h5-11,15,17H,3-4H2,1-2H3. The summed E-state index contributed by atoms with van der Waals surface area (Å²) in [4.78, 5) is 8.32. The van der Waals surface area contributed by atoms with Crippen LogP contribution in [0.25, 0.3) is 0 Å². The van der Waals surface area contributed by atoms with Crippen LogP contribution in [0.15, 0.2) is 42.9 Å². The van der Waals surface area contributed by atoms with Gasteiger partial charge >= 0.3 is 0 Å². The molecule has 100 valence electrons. The molecule has 4 nitrogen and oxygen atoms in total. The van der Waals surface area contributed by atoms with Crippen molar-refractivity contribution in [2.45, 2.75) is 19.9 Å². The highest BCUT2D eigenvalue weighted by atomic mass is 16.5. The molecule has 0 radical (unpaired) electrons. The van der Waals surface area contributed by atoms with Gasteiger partial charge in [-0.3, -0.25) is 0 Å². The molecule has 1 aromatic heterocycles. The van der Waals surface area contributed by atoms with E-state index in [9.17, 15) is 0 Å². The summed E-state index contributed by atoms with van der Waals surface area (Å²) >= 11 is 0. The van der Waals surface area contributed by atoms with Gasteiger partial charge in [-0.2, -0.15) is 0 Å². The molecule has 0 aliphatic heterocycles. The second kappa shape index (κ2) is 6.85. The summed E-state index contributed by atoms with van der Waals surface area (Å²) in [6.45, 7) is 5.58. The van der Waals surface area contributed by atoms with Crippen molar-refractivity contribution in [1.82, 2.24) is 15.3 Å². The minimum atomic E-state index is 0.0238. The Morgan fingerprint density at radius 1 is 1.21 bits per heavy atom. The van der Waals surface area contributed by atoms with Gasteiger partial charge in [-0.05, 0) is 25.6 Å². The molecule has 0 saturated carbocycles. The van der Waals surface area contributed by atoms with Crippen LogP contribution in [0.3, 0.4) is 0 Å². The largest absolute Gasteiger partial charge is 0.494 e. The highest BCUT2D eigenvalue weighted by Gasteiger charge is 2.18. The third-order valence-electron chi connectivity index (χ3n) is 2.84. The van der Waals surface area contributed by atoms with Crippen molar-refractivity contribution < 1.29 is 4.74 Å². The third-order valence-corrected chi connectivity index (χ3v) is 2.84. The average molecular weight is 257 g/mol. The van der Waals surface area contributed by atoms with Gasteiger partial charge in [-0.1, -0.05) is 25.1 Å². The van der Waals surface area contributed by atoms with Crippen LogP contribution in [0.1, 0.15) is 31.1 Å². The topological polar surface area (TPSA) is 47.0 Å². The van der Waals surface area contributed by atoms with Crippen molar-refractivity contribution in [1.29, 1.82) is 0 Å². The van der Waals surface area contributed by atoms with Crippen molar-refractivity contribution in [3.8, 4) is 5.75 Å². The van der Waals surface area contributed by atoms with Crippen LogP contribution in [-0.2, 0) is 0 Å². The van der Waals surface area contributed by atoms with E-state index in [4.69, 9.17) is 4.74 Å². The van der Waals surface area contributed by atoms with Crippen molar-refractivity contribution >= 4 is 0 Å². The third kappa shape index (κ3) is 3.29. The van der Waals surface area contributed by atoms with Crippen LogP contribution >= 0.6 is 0 Å². The summed E-state index contributed by atoms with van der Waals surface area (Å²) in [7, 11) is 0. The zero-order chi connectivity index (χ0) is 13.5. The molecule has 0 bridgehead atoms. The Hall–Kier alpha value is -1.94. The summed E-state index contributed by atoms with van der Waals surface area (Å²) in [6.07, 6.45) is 3.33. The number of benzene rings is 1. The molecule has 19 heavy (non-hydrogen) atoms. The molecule has 1 unspecified atom stereocenters. The second-order valence-corrected chi connectivity index (χ2v) is 4.10. The normalized spacial score (nSPS) is 12.1. The van der Waals surface area contributed by atoms with Crippen molar-refractivity contribution in [3.63, 3.8) is 0 Å². The molecule has 1 atom stereocenters. The van der Waals surface area contributed by atoms with E-state index in [2.05, 4.69) is 28.3 Å². The maximum absolute atomic E-state index is 5.70. The lowest BCUT2D eigenvalue weighted by atomic mass is 10.0. The number of ether oxygens (including phenoxy) is 1. The van der Waals surface area contributed by atoms with Crippen LogP contribution < -0.4 is 10.1 Å². The lowest BCUT2D eigenvalue weighted by Crippen LogP contribution is -2.23. The van der Waals surface area contributed by atoms with Crippen LogP contribution in [-0.4, -0.2) is 23.1 Å². The lowest BCUT2D eigenvalue weighted by Gasteiger charge is -2.20. The van der Waals surface area contributed by atoms with E-state index in [1.165, 1.54) is 0 Å². The molecule has 2 aromatic rings. The van der Waals surface area contributed by atoms with E-state index < -0.39 is 0 Å². The Kier molecular flexibility index (Phi) is 4.86. The molecular formula is C15H19N3O. The minimum Gasteiger partial charge on any atom is -0.494 e. The van der Waals surface area contributed by atoms with Crippen molar-refractivity contribution in [2.75, 3.05) is 13.2 Å². The summed E-state index contributed by atoms with van der Waals surface area (Å²) in [5.41, 5.74) is 2.05. The van der Waals surface area contributed by atoms with Gasteiger partial charge in [0.25, 0.3) is 0 Å². The second-order valence-electron chi connectivity index (χ2n) is 4.10. The Labute approximate surface area is 113 Å². The smallest absolute Gasteiger partial charge is 0.124 e. The van der Waals surface area contributed by atoms with Gasteiger partial charge in [0.15, 0.2) is 0 Å². The van der Waals surface area contributed by atoms with Gasteiger partial charge in [0.2, 0.25) is 0 Å². The molecule has 1 aromatic carbocycles. The fourth-order valence-corrected chi connectivity index (χ4v) is 2.06. The predicted molar refractivity (Wildman–Crippen MR) is 75.2 cm³/mol. The van der Waals surface area contributed by atoms with Gasteiger partial charge in [-0.25, -0.2) is 9.97 Å². The number of hydrogen-bond donors (Lipinski definition) is 1. The molecule has 1 heterocycles. The van der Waals surface area contributed by atoms with E-state index in [-0.39, 0.29) is 6.04 Å². The van der Waals surface area contributed by atoms with Gasteiger partial charge < -0.3 is 10.1 Å². The SMILES string of the molecule is CCNC(c1ccncn1)c1ccccc1OCC. The Bertz CT molecular complexity index is 502. The molecule has 2 rings (SSSR count). The highest BCUT2D eigenvalue weighted by Crippen LogP contribution is 2.28. The maximum atomic E-state index is 5.70. The van der Waals surface area contributed by atoms with E-state index in [0.717, 1.165) is 23.6 Å². The molecule has 0 fully saturated rings. The summed E-state index contributed by atoms with van der Waals surface area (Å²) in [5, 5.41) is 3.44. The van der Waals surface area contributed by atoms with Crippen molar-refractivity contribution in [2.24, 2.45) is 0 Å². The monoisotopic (exact) mass is 257 g/mol. The number of aromatic nitrogens is 2. The van der Waals surface area contributed by atoms with E-state index in [1.807, 2.05) is 31.2 Å². The lowest BCUT2D eigenvalue weighted by molar-refractivity contribution is 0.333. The van der Waals surface area contributed by atoms with Gasteiger partial charge in [-0.15, -0.1) is 0 Å². The van der Waals surface area contributed by atoms with Crippen LogP contribution in [0, 0.1) is 0 Å². The molecule has 0 saturated heterocycles. The quantitative estimate of drug-likeness (QED) is 0.864. The molecular weight excluding hydrogens is 238 g/mol. The van der Waals surface area contributed by atoms with E-state index in [1.54, 1.807) is 12.5 Å². The number of nitrogens with zero attached hydrogens (tertiary/aromatic N) is 2. The zero-order valence-corrected chi connectivity index (χ0v) is 11.3.